The van der Waals surface area contributed by atoms with E-state index < -0.39 is 0 Å². The molecule has 0 nitrogen and oxygen atoms in total. The number of allylic oxidation sites excluding steroid dienone is 1. The molecule has 1 heterocycles. The van der Waals surface area contributed by atoms with Crippen LogP contribution in [0, 0.1) is 6.92 Å². The molecule has 14 heavy (non-hydrogen) atoms. The van der Waals surface area contributed by atoms with Gasteiger partial charge in [-0.3, -0.25) is 0 Å². The summed E-state index contributed by atoms with van der Waals surface area (Å²) in [6.45, 7) is 2.14. The van der Waals surface area contributed by atoms with E-state index in [0.717, 1.165) is 0 Å². The molecule has 0 aliphatic carbocycles. The molecule has 74 valence electrons. The molecule has 0 amide bonds. The zero-order valence-corrected chi connectivity index (χ0v) is 10.6. The van der Waals surface area contributed by atoms with Crippen LogP contribution in [0.5, 0.6) is 0 Å². The summed E-state index contributed by atoms with van der Waals surface area (Å²) in [5.74, 6) is 2.44. The van der Waals surface area contributed by atoms with Gasteiger partial charge in [0.2, 0.25) is 0 Å². The molecule has 0 atom stereocenters. The van der Waals surface area contributed by atoms with Crippen LogP contribution < -0.4 is 0 Å². The summed E-state index contributed by atoms with van der Waals surface area (Å²) in [5.41, 5.74) is 4.23. The first-order valence-corrected chi connectivity index (χ1v) is 6.75. The number of rotatable bonds is 1. The van der Waals surface area contributed by atoms with Gasteiger partial charge in [0.25, 0.3) is 0 Å². The topological polar surface area (TPSA) is 0 Å². The third-order valence-electron chi connectivity index (χ3n) is 2.49. The third-order valence-corrected chi connectivity index (χ3v) is 4.28. The Morgan fingerprint density at radius 2 is 2.21 bits per heavy atom. The van der Waals surface area contributed by atoms with Crippen molar-refractivity contribution in [1.29, 1.82) is 0 Å². The summed E-state index contributed by atoms with van der Waals surface area (Å²) in [6.07, 6.45) is 3.57. The molecule has 0 saturated heterocycles. The van der Waals surface area contributed by atoms with Crippen LogP contribution in [-0.2, 0) is 0 Å². The molecule has 1 aliphatic heterocycles. The van der Waals surface area contributed by atoms with Crippen molar-refractivity contribution in [2.45, 2.75) is 13.3 Å². The van der Waals surface area contributed by atoms with Crippen LogP contribution in [0.3, 0.4) is 0 Å². The van der Waals surface area contributed by atoms with Crippen LogP contribution >= 0.6 is 27.7 Å². The summed E-state index contributed by atoms with van der Waals surface area (Å²) < 4.78 is 1.20. The van der Waals surface area contributed by atoms with Crippen LogP contribution in [0.1, 0.15) is 17.5 Å². The summed E-state index contributed by atoms with van der Waals surface area (Å²) in [5, 5.41) is 0. The van der Waals surface area contributed by atoms with Crippen molar-refractivity contribution in [1.82, 2.24) is 0 Å². The van der Waals surface area contributed by atoms with E-state index in [0.29, 0.717) is 0 Å². The Morgan fingerprint density at radius 1 is 1.36 bits per heavy atom. The van der Waals surface area contributed by atoms with Gasteiger partial charge in [0, 0.05) is 10.2 Å². The lowest BCUT2D eigenvalue weighted by atomic mass is 10.0. The van der Waals surface area contributed by atoms with E-state index in [1.807, 2.05) is 11.8 Å². The van der Waals surface area contributed by atoms with Crippen molar-refractivity contribution in [2.24, 2.45) is 0 Å². The summed E-state index contributed by atoms with van der Waals surface area (Å²) in [6, 6.07) is 6.62. The van der Waals surface area contributed by atoms with E-state index in [4.69, 9.17) is 0 Å². The zero-order valence-electron chi connectivity index (χ0n) is 8.22. The van der Waals surface area contributed by atoms with Crippen molar-refractivity contribution in [3.05, 3.63) is 39.9 Å². The number of hydrogen-bond acceptors (Lipinski definition) is 1. The molecule has 0 N–H and O–H groups in total. The quantitative estimate of drug-likeness (QED) is 0.733. The van der Waals surface area contributed by atoms with Gasteiger partial charge in [0.1, 0.15) is 0 Å². The maximum atomic E-state index is 3.53. The molecule has 1 aromatic rings. The largest absolute Gasteiger partial charge is 0.157 e. The highest BCUT2D eigenvalue weighted by Crippen LogP contribution is 2.28. The summed E-state index contributed by atoms with van der Waals surface area (Å²) in [4.78, 5) is 0. The Hall–Kier alpha value is -0.210. The average Bonchev–Trinajstić information content (AvgIpc) is 2.23. The zero-order chi connectivity index (χ0) is 9.97. The van der Waals surface area contributed by atoms with Crippen molar-refractivity contribution in [3.63, 3.8) is 0 Å². The predicted octanol–water partition coefficient (Wildman–Crippen LogP) is 4.28. The Balaban J connectivity index is 2.32. The summed E-state index contributed by atoms with van der Waals surface area (Å²) in [7, 11) is 0. The number of aryl methyl sites for hydroxylation is 1. The average molecular weight is 269 g/mol. The smallest absolute Gasteiger partial charge is 0.0204 e. The maximum Gasteiger partial charge on any atom is 0.0204 e. The SMILES string of the molecule is Cc1cc(C2=CCSCC2)ccc1Br. The minimum absolute atomic E-state index is 1.17. The van der Waals surface area contributed by atoms with E-state index in [1.165, 1.54) is 39.1 Å². The van der Waals surface area contributed by atoms with Gasteiger partial charge in [0.05, 0.1) is 0 Å². The van der Waals surface area contributed by atoms with E-state index in [1.54, 1.807) is 0 Å². The van der Waals surface area contributed by atoms with Gasteiger partial charge in [-0.05, 0) is 41.9 Å². The number of thioether (sulfide) groups is 1. The fourth-order valence-electron chi connectivity index (χ4n) is 1.63. The molecular weight excluding hydrogens is 256 g/mol. The van der Waals surface area contributed by atoms with Crippen molar-refractivity contribution in [3.8, 4) is 0 Å². The van der Waals surface area contributed by atoms with Gasteiger partial charge < -0.3 is 0 Å². The predicted molar refractivity (Wildman–Crippen MR) is 68.8 cm³/mol. The first-order chi connectivity index (χ1) is 6.77. The third kappa shape index (κ3) is 2.23. The Kier molecular flexibility index (Phi) is 3.34. The fourth-order valence-corrected chi connectivity index (χ4v) is 2.73. The summed E-state index contributed by atoms with van der Waals surface area (Å²) >= 11 is 5.54. The van der Waals surface area contributed by atoms with Gasteiger partial charge >= 0.3 is 0 Å². The van der Waals surface area contributed by atoms with E-state index >= 15 is 0 Å². The molecule has 0 spiro atoms. The minimum atomic E-state index is 1.17. The second-order valence-electron chi connectivity index (χ2n) is 3.52. The van der Waals surface area contributed by atoms with E-state index in [9.17, 15) is 0 Å². The Bertz CT molecular complexity index is 369. The van der Waals surface area contributed by atoms with Crippen molar-refractivity contribution in [2.75, 3.05) is 11.5 Å². The van der Waals surface area contributed by atoms with Gasteiger partial charge in [-0.1, -0.05) is 34.1 Å². The molecular formula is C12H13BrS. The standard InChI is InChI=1S/C12H13BrS/c1-9-8-11(2-3-12(9)13)10-4-6-14-7-5-10/h2-4,8H,5-7H2,1H3. The molecule has 0 aromatic heterocycles. The van der Waals surface area contributed by atoms with Crippen LogP contribution in [0.2, 0.25) is 0 Å². The molecule has 0 unspecified atom stereocenters. The Labute approximate surface area is 97.9 Å². The van der Waals surface area contributed by atoms with Gasteiger partial charge in [-0.25, -0.2) is 0 Å². The van der Waals surface area contributed by atoms with Crippen LogP contribution in [0.15, 0.2) is 28.7 Å². The molecule has 0 saturated carbocycles. The molecule has 2 heteroatoms. The maximum absolute atomic E-state index is 3.53. The number of hydrogen-bond donors (Lipinski definition) is 0. The molecule has 0 radical (unpaired) electrons. The second kappa shape index (κ2) is 4.54. The van der Waals surface area contributed by atoms with Crippen LogP contribution in [0.4, 0.5) is 0 Å². The lowest BCUT2D eigenvalue weighted by molar-refractivity contribution is 1.23. The van der Waals surface area contributed by atoms with Crippen molar-refractivity contribution < 1.29 is 0 Å². The molecule has 0 fully saturated rings. The van der Waals surface area contributed by atoms with E-state index in [2.05, 4.69) is 47.1 Å². The van der Waals surface area contributed by atoms with Crippen LogP contribution in [-0.4, -0.2) is 11.5 Å². The highest BCUT2D eigenvalue weighted by atomic mass is 79.9. The normalized spacial score (nSPS) is 16.6. The van der Waals surface area contributed by atoms with Crippen LogP contribution in [0.25, 0.3) is 5.57 Å². The van der Waals surface area contributed by atoms with Gasteiger partial charge in [0.15, 0.2) is 0 Å². The Morgan fingerprint density at radius 3 is 2.86 bits per heavy atom. The van der Waals surface area contributed by atoms with Gasteiger partial charge in [-0.2, -0.15) is 11.8 Å². The first kappa shape index (κ1) is 10.3. The fraction of sp³-hybridized carbons (Fsp3) is 0.333. The monoisotopic (exact) mass is 268 g/mol. The lowest BCUT2D eigenvalue weighted by Crippen LogP contribution is -1.95. The van der Waals surface area contributed by atoms with Gasteiger partial charge in [-0.15, -0.1) is 0 Å². The van der Waals surface area contributed by atoms with Crippen molar-refractivity contribution >= 4 is 33.3 Å². The molecule has 0 bridgehead atoms. The first-order valence-electron chi connectivity index (χ1n) is 4.80. The number of benzene rings is 1. The highest BCUT2D eigenvalue weighted by Gasteiger charge is 2.06. The minimum Gasteiger partial charge on any atom is -0.157 e. The highest BCUT2D eigenvalue weighted by molar-refractivity contribution is 9.10. The molecule has 2 rings (SSSR count). The second-order valence-corrected chi connectivity index (χ2v) is 5.52. The number of halogens is 1. The van der Waals surface area contributed by atoms with E-state index in [-0.39, 0.29) is 0 Å². The lowest BCUT2D eigenvalue weighted by Gasteiger charge is -2.13. The molecule has 1 aliphatic rings. The molecule has 1 aromatic carbocycles.